The summed E-state index contributed by atoms with van der Waals surface area (Å²) in [7, 11) is -3.62. The van der Waals surface area contributed by atoms with Gasteiger partial charge in [0, 0.05) is 30.8 Å². The second kappa shape index (κ2) is 8.97. The van der Waals surface area contributed by atoms with Crippen molar-refractivity contribution in [3.8, 4) is 11.5 Å². The molecule has 5 rings (SSSR count). The number of fused-ring (bicyclic) bond motifs is 1. The molecular formula is C23H24N4O5S2. The average molecular weight is 501 g/mol. The zero-order valence-corrected chi connectivity index (χ0v) is 20.4. The highest BCUT2D eigenvalue weighted by molar-refractivity contribution is 7.89. The van der Waals surface area contributed by atoms with E-state index in [9.17, 15) is 13.2 Å². The Hall–Kier alpha value is -3.02. The molecule has 1 unspecified atom stereocenters. The number of nitrogens with zero attached hydrogens (tertiary/aromatic N) is 3. The van der Waals surface area contributed by atoms with E-state index in [2.05, 4.69) is 15.5 Å². The van der Waals surface area contributed by atoms with E-state index < -0.39 is 10.0 Å². The predicted molar refractivity (Wildman–Crippen MR) is 127 cm³/mol. The van der Waals surface area contributed by atoms with Gasteiger partial charge in [-0.3, -0.25) is 4.79 Å². The zero-order chi connectivity index (χ0) is 23.9. The van der Waals surface area contributed by atoms with Gasteiger partial charge >= 0.3 is 0 Å². The molecule has 0 spiro atoms. The number of aryl methyl sites for hydroxylation is 2. The Morgan fingerprint density at radius 3 is 2.76 bits per heavy atom. The number of ether oxygens (including phenoxy) is 2. The molecule has 178 valence electrons. The van der Waals surface area contributed by atoms with Gasteiger partial charge in [-0.05, 0) is 50.5 Å². The molecule has 9 nitrogen and oxygen atoms in total. The van der Waals surface area contributed by atoms with Crippen LogP contribution in [0.4, 0.5) is 5.69 Å². The molecule has 1 fully saturated rings. The maximum absolute atomic E-state index is 13.3. The van der Waals surface area contributed by atoms with E-state index in [1.165, 1.54) is 15.6 Å². The third-order valence-electron chi connectivity index (χ3n) is 5.95. The number of aromatic nitrogens is 2. The number of benzene rings is 2. The van der Waals surface area contributed by atoms with Gasteiger partial charge in [-0.25, -0.2) is 8.42 Å². The molecule has 2 aromatic carbocycles. The van der Waals surface area contributed by atoms with Gasteiger partial charge in [0.1, 0.15) is 5.01 Å². The summed E-state index contributed by atoms with van der Waals surface area (Å²) in [6.07, 6.45) is 1.50. The van der Waals surface area contributed by atoms with Crippen LogP contribution < -0.4 is 14.8 Å². The molecule has 0 aliphatic carbocycles. The monoisotopic (exact) mass is 500 g/mol. The number of carbonyl (C=O) groups is 1. The first-order valence-corrected chi connectivity index (χ1v) is 13.2. The van der Waals surface area contributed by atoms with Crippen molar-refractivity contribution in [1.82, 2.24) is 14.5 Å². The first-order valence-electron chi connectivity index (χ1n) is 10.9. The molecule has 1 aromatic heterocycles. The van der Waals surface area contributed by atoms with Crippen LogP contribution in [-0.2, 0) is 10.0 Å². The minimum absolute atomic E-state index is 0.112. The van der Waals surface area contributed by atoms with Crippen molar-refractivity contribution in [2.75, 3.05) is 25.2 Å². The number of carbonyl (C=O) groups excluding carboxylic acids is 1. The Labute approximate surface area is 201 Å². The first kappa shape index (κ1) is 22.8. The number of anilines is 1. The van der Waals surface area contributed by atoms with Crippen molar-refractivity contribution in [1.29, 1.82) is 0 Å². The topological polar surface area (TPSA) is 111 Å². The number of rotatable bonds is 5. The minimum atomic E-state index is -3.62. The van der Waals surface area contributed by atoms with E-state index in [-0.39, 0.29) is 23.6 Å². The number of piperidine rings is 1. The number of sulfonamides is 1. The second-order valence-corrected chi connectivity index (χ2v) is 11.4. The van der Waals surface area contributed by atoms with Gasteiger partial charge in [-0.1, -0.05) is 29.0 Å². The van der Waals surface area contributed by atoms with Gasteiger partial charge in [-0.15, -0.1) is 10.2 Å². The van der Waals surface area contributed by atoms with Crippen molar-refractivity contribution >= 4 is 33.0 Å². The molecule has 11 heteroatoms. The van der Waals surface area contributed by atoms with Gasteiger partial charge in [-0.2, -0.15) is 4.31 Å². The molecule has 0 saturated carbocycles. The van der Waals surface area contributed by atoms with Crippen LogP contribution in [0.15, 0.2) is 41.3 Å². The lowest BCUT2D eigenvalue weighted by Crippen LogP contribution is -2.39. The van der Waals surface area contributed by atoms with E-state index in [0.29, 0.717) is 46.6 Å². The van der Waals surface area contributed by atoms with Crippen LogP contribution in [-0.4, -0.2) is 48.7 Å². The molecule has 34 heavy (non-hydrogen) atoms. The van der Waals surface area contributed by atoms with E-state index in [0.717, 1.165) is 17.5 Å². The Balaban J connectivity index is 1.29. The molecule has 1 N–H and O–H groups in total. The van der Waals surface area contributed by atoms with Crippen LogP contribution in [0.2, 0.25) is 0 Å². The standard InChI is InChI=1S/C23H24N4O5S2/c1-14-5-8-20(15(2)10-14)34(29,30)27-9-3-4-16(12-27)22-25-26-23(33-22)21(28)24-17-6-7-18-19(11-17)32-13-31-18/h5-8,10-11,16H,3-4,9,12-13H2,1-2H3,(H,24,28). The number of hydrogen-bond donors (Lipinski definition) is 1. The van der Waals surface area contributed by atoms with Crippen molar-refractivity contribution in [3.63, 3.8) is 0 Å². The Bertz CT molecular complexity index is 1360. The van der Waals surface area contributed by atoms with Gasteiger partial charge in [0.05, 0.1) is 4.90 Å². The fourth-order valence-electron chi connectivity index (χ4n) is 4.24. The van der Waals surface area contributed by atoms with Crippen molar-refractivity contribution in [2.45, 2.75) is 37.5 Å². The van der Waals surface area contributed by atoms with Gasteiger partial charge in [0.15, 0.2) is 11.5 Å². The zero-order valence-electron chi connectivity index (χ0n) is 18.8. The molecule has 1 atom stereocenters. The molecular weight excluding hydrogens is 476 g/mol. The van der Waals surface area contributed by atoms with Crippen LogP contribution >= 0.6 is 11.3 Å². The summed E-state index contributed by atoms with van der Waals surface area (Å²) < 4.78 is 38.8. The predicted octanol–water partition coefficient (Wildman–Crippen LogP) is 3.70. The lowest BCUT2D eigenvalue weighted by molar-refractivity contribution is 0.102. The summed E-state index contributed by atoms with van der Waals surface area (Å²) in [5.41, 5.74) is 2.32. The highest BCUT2D eigenvalue weighted by Gasteiger charge is 2.33. The minimum Gasteiger partial charge on any atom is -0.454 e. The van der Waals surface area contributed by atoms with Gasteiger partial charge in [0.2, 0.25) is 21.8 Å². The summed E-state index contributed by atoms with van der Waals surface area (Å²) in [5, 5.41) is 12.0. The van der Waals surface area contributed by atoms with E-state index >= 15 is 0 Å². The highest BCUT2D eigenvalue weighted by Crippen LogP contribution is 2.35. The molecule has 0 radical (unpaired) electrons. The van der Waals surface area contributed by atoms with Crippen molar-refractivity contribution in [3.05, 3.63) is 57.5 Å². The van der Waals surface area contributed by atoms with E-state index in [1.807, 2.05) is 26.0 Å². The maximum Gasteiger partial charge on any atom is 0.286 e. The highest BCUT2D eigenvalue weighted by atomic mass is 32.2. The summed E-state index contributed by atoms with van der Waals surface area (Å²) >= 11 is 1.19. The molecule has 0 bridgehead atoms. The molecule has 2 aliphatic heterocycles. The average Bonchev–Trinajstić information content (AvgIpc) is 3.48. The maximum atomic E-state index is 13.3. The molecule has 3 heterocycles. The van der Waals surface area contributed by atoms with E-state index in [4.69, 9.17) is 9.47 Å². The fraction of sp³-hybridized carbons (Fsp3) is 0.348. The fourth-order valence-corrected chi connectivity index (χ4v) is 6.83. The Morgan fingerprint density at radius 2 is 1.94 bits per heavy atom. The largest absolute Gasteiger partial charge is 0.454 e. The van der Waals surface area contributed by atoms with Crippen LogP contribution in [0, 0.1) is 13.8 Å². The van der Waals surface area contributed by atoms with Gasteiger partial charge in [0.25, 0.3) is 5.91 Å². The third-order valence-corrected chi connectivity index (χ3v) is 9.06. The summed E-state index contributed by atoms with van der Waals surface area (Å²) in [5.74, 6) is 0.717. The van der Waals surface area contributed by atoms with Crippen LogP contribution in [0.5, 0.6) is 11.5 Å². The molecule has 3 aromatic rings. The van der Waals surface area contributed by atoms with Crippen LogP contribution in [0.1, 0.15) is 44.7 Å². The Morgan fingerprint density at radius 1 is 1.12 bits per heavy atom. The number of nitrogens with one attached hydrogen (secondary N) is 1. The summed E-state index contributed by atoms with van der Waals surface area (Å²) in [6, 6.07) is 10.5. The summed E-state index contributed by atoms with van der Waals surface area (Å²) in [6.45, 7) is 4.69. The molecule has 1 amide bonds. The van der Waals surface area contributed by atoms with Crippen LogP contribution in [0.25, 0.3) is 0 Å². The third kappa shape index (κ3) is 4.38. The lowest BCUT2D eigenvalue weighted by atomic mass is 10.0. The summed E-state index contributed by atoms with van der Waals surface area (Å²) in [4.78, 5) is 13.0. The molecule has 1 saturated heterocycles. The smallest absolute Gasteiger partial charge is 0.286 e. The molecule has 2 aliphatic rings. The quantitative estimate of drug-likeness (QED) is 0.569. The Kier molecular flexibility index (Phi) is 6.00. The first-order chi connectivity index (χ1) is 16.3. The number of amides is 1. The lowest BCUT2D eigenvalue weighted by Gasteiger charge is -2.31. The normalized spacial score (nSPS) is 18.1. The van der Waals surface area contributed by atoms with Crippen LogP contribution in [0.3, 0.4) is 0 Å². The van der Waals surface area contributed by atoms with Crippen molar-refractivity contribution in [2.24, 2.45) is 0 Å². The SMILES string of the molecule is Cc1ccc(S(=O)(=O)N2CCCC(c3nnc(C(=O)Nc4ccc5c(c4)OCO5)s3)C2)c(C)c1. The number of hydrogen-bond acceptors (Lipinski definition) is 8. The second-order valence-electron chi connectivity index (χ2n) is 8.44. The van der Waals surface area contributed by atoms with Gasteiger partial charge < -0.3 is 14.8 Å². The van der Waals surface area contributed by atoms with E-state index in [1.54, 1.807) is 24.3 Å². The van der Waals surface area contributed by atoms with Crippen molar-refractivity contribution < 1.29 is 22.7 Å².